The molecule has 0 radical (unpaired) electrons. The van der Waals surface area contributed by atoms with E-state index in [1.807, 2.05) is 36.4 Å². The molecule has 0 spiro atoms. The minimum absolute atomic E-state index is 0.0128. The predicted molar refractivity (Wildman–Crippen MR) is 146 cm³/mol. The van der Waals surface area contributed by atoms with E-state index >= 15 is 0 Å². The molecule has 0 aliphatic rings. The second-order valence-electron chi connectivity index (χ2n) is 9.28. The van der Waals surface area contributed by atoms with Crippen LogP contribution < -0.4 is 21.3 Å². The minimum atomic E-state index is -0.472. The van der Waals surface area contributed by atoms with Crippen molar-refractivity contribution in [1.29, 1.82) is 0 Å². The maximum absolute atomic E-state index is 13.4. The van der Waals surface area contributed by atoms with E-state index in [0.29, 0.717) is 17.6 Å². The number of likely N-dealkylation sites (N-methyl/N-ethyl adjacent to an activating group) is 1. The lowest BCUT2D eigenvalue weighted by Crippen LogP contribution is -2.39. The largest absolute Gasteiger partial charge is 0.497 e. The second kappa shape index (κ2) is 11.2. The highest BCUT2D eigenvalue weighted by molar-refractivity contribution is 5.97. The van der Waals surface area contributed by atoms with Crippen LogP contribution in [-0.2, 0) is 31.4 Å². The average molecular weight is 515 g/mol. The molecule has 4 rings (SSSR count). The van der Waals surface area contributed by atoms with Gasteiger partial charge in [0.1, 0.15) is 5.75 Å². The quantitative estimate of drug-likeness (QED) is 0.389. The smallest absolute Gasteiger partial charge is 0.331 e. The number of carbonyl (C=O) groups excluding carboxylic acids is 2. The lowest BCUT2D eigenvalue weighted by atomic mass is 10.1. The first-order valence-electron chi connectivity index (χ1n) is 12.1. The van der Waals surface area contributed by atoms with Crippen LogP contribution in [-0.4, -0.2) is 47.1 Å². The first kappa shape index (κ1) is 26.4. The van der Waals surface area contributed by atoms with E-state index in [2.05, 4.69) is 5.32 Å². The standard InChI is InChI=1S/C29H30N4O5/c1-31(2)26(34)15-19-5-7-21(8-6-19)18-33-28(36)24-16-22(11-14-25(24)32(3)29(33)37)27(35)30-17-20-9-12-23(38-4)13-10-20/h5-14,16H,15,17-18H2,1-4H3,(H,30,35). The summed E-state index contributed by atoms with van der Waals surface area (Å²) in [7, 11) is 6.59. The number of carbonyl (C=O) groups is 2. The van der Waals surface area contributed by atoms with Crippen molar-refractivity contribution in [2.45, 2.75) is 19.5 Å². The van der Waals surface area contributed by atoms with Crippen LogP contribution in [0.5, 0.6) is 5.75 Å². The maximum atomic E-state index is 13.4. The molecule has 0 bridgehead atoms. The molecule has 38 heavy (non-hydrogen) atoms. The third kappa shape index (κ3) is 5.67. The Kier molecular flexibility index (Phi) is 7.76. The molecule has 0 atom stereocenters. The van der Waals surface area contributed by atoms with Crippen molar-refractivity contribution in [2.75, 3.05) is 21.2 Å². The molecule has 0 unspecified atom stereocenters. The van der Waals surface area contributed by atoms with E-state index < -0.39 is 11.2 Å². The van der Waals surface area contributed by atoms with Gasteiger partial charge in [0.2, 0.25) is 5.91 Å². The summed E-state index contributed by atoms with van der Waals surface area (Å²) < 4.78 is 7.71. The van der Waals surface area contributed by atoms with Crippen molar-refractivity contribution in [1.82, 2.24) is 19.4 Å². The van der Waals surface area contributed by atoms with Crippen molar-refractivity contribution in [3.8, 4) is 5.75 Å². The van der Waals surface area contributed by atoms with Crippen LogP contribution >= 0.6 is 0 Å². The summed E-state index contributed by atoms with van der Waals surface area (Å²) >= 11 is 0. The van der Waals surface area contributed by atoms with Crippen LogP contribution in [0.3, 0.4) is 0 Å². The molecule has 0 aliphatic heterocycles. The van der Waals surface area contributed by atoms with Gasteiger partial charge in [-0.15, -0.1) is 0 Å². The number of hydrogen-bond acceptors (Lipinski definition) is 5. The molecule has 2 amide bonds. The van der Waals surface area contributed by atoms with Gasteiger partial charge in [-0.25, -0.2) is 4.79 Å². The molecule has 0 saturated carbocycles. The Morgan fingerprint density at radius 2 is 1.53 bits per heavy atom. The highest BCUT2D eigenvalue weighted by Crippen LogP contribution is 2.14. The van der Waals surface area contributed by atoms with Crippen LogP contribution in [0.2, 0.25) is 0 Å². The molecule has 3 aromatic carbocycles. The number of nitrogens with zero attached hydrogens (tertiary/aromatic N) is 3. The maximum Gasteiger partial charge on any atom is 0.331 e. The molecule has 9 nitrogen and oxygen atoms in total. The number of nitrogens with one attached hydrogen (secondary N) is 1. The van der Waals surface area contributed by atoms with Gasteiger partial charge in [-0.05, 0) is 47.0 Å². The molecule has 0 fully saturated rings. The summed E-state index contributed by atoms with van der Waals surface area (Å²) in [4.78, 5) is 52.7. The number of benzene rings is 3. The topological polar surface area (TPSA) is 103 Å². The Hall–Kier alpha value is -4.66. The lowest BCUT2D eigenvalue weighted by Gasteiger charge is -2.13. The van der Waals surface area contributed by atoms with E-state index in [1.54, 1.807) is 52.5 Å². The SMILES string of the molecule is COc1ccc(CNC(=O)c2ccc3c(c2)c(=O)n(Cc2ccc(CC(=O)N(C)C)cc2)c(=O)n3C)cc1. The predicted octanol–water partition coefficient (Wildman–Crippen LogP) is 2.32. The number of rotatable bonds is 8. The minimum Gasteiger partial charge on any atom is -0.497 e. The van der Waals surface area contributed by atoms with Gasteiger partial charge < -0.3 is 15.0 Å². The zero-order chi connectivity index (χ0) is 27.4. The van der Waals surface area contributed by atoms with Gasteiger partial charge in [-0.2, -0.15) is 0 Å². The van der Waals surface area contributed by atoms with Crippen LogP contribution in [0, 0.1) is 0 Å². The van der Waals surface area contributed by atoms with Crippen molar-refractivity contribution >= 4 is 22.7 Å². The van der Waals surface area contributed by atoms with Crippen molar-refractivity contribution in [3.63, 3.8) is 0 Å². The van der Waals surface area contributed by atoms with Crippen molar-refractivity contribution in [2.24, 2.45) is 7.05 Å². The number of fused-ring (bicyclic) bond motifs is 1. The van der Waals surface area contributed by atoms with E-state index in [4.69, 9.17) is 4.74 Å². The third-order valence-electron chi connectivity index (χ3n) is 6.44. The summed E-state index contributed by atoms with van der Waals surface area (Å²) in [5.74, 6) is 0.387. The Bertz CT molecular complexity index is 1600. The molecule has 1 heterocycles. The zero-order valence-electron chi connectivity index (χ0n) is 21.9. The fraction of sp³-hybridized carbons (Fsp3) is 0.241. The number of methoxy groups -OCH3 is 1. The molecule has 4 aromatic rings. The zero-order valence-corrected chi connectivity index (χ0v) is 21.9. The van der Waals surface area contributed by atoms with Gasteiger partial charge in [0.25, 0.3) is 11.5 Å². The number of hydrogen-bond donors (Lipinski definition) is 1. The van der Waals surface area contributed by atoms with E-state index in [-0.39, 0.29) is 30.2 Å². The van der Waals surface area contributed by atoms with Gasteiger partial charge in [0.05, 0.1) is 31.0 Å². The van der Waals surface area contributed by atoms with Crippen molar-refractivity contribution in [3.05, 3.63) is 110 Å². The molecule has 1 aromatic heterocycles. The van der Waals surface area contributed by atoms with Crippen LogP contribution in [0.4, 0.5) is 0 Å². The van der Waals surface area contributed by atoms with Crippen LogP contribution in [0.25, 0.3) is 10.9 Å². The van der Waals surface area contributed by atoms with Gasteiger partial charge in [-0.3, -0.25) is 23.5 Å². The summed E-state index contributed by atoms with van der Waals surface area (Å²) in [6.45, 7) is 0.381. The number of amides is 2. The van der Waals surface area contributed by atoms with Crippen LogP contribution in [0.15, 0.2) is 76.3 Å². The molecule has 0 saturated heterocycles. The summed E-state index contributed by atoms with van der Waals surface area (Å²) in [6.07, 6.45) is 0.272. The molecular weight excluding hydrogens is 484 g/mol. The van der Waals surface area contributed by atoms with Gasteiger partial charge in [0.15, 0.2) is 0 Å². The van der Waals surface area contributed by atoms with Gasteiger partial charge in [0, 0.05) is 33.3 Å². The van der Waals surface area contributed by atoms with Crippen molar-refractivity contribution < 1.29 is 14.3 Å². The lowest BCUT2D eigenvalue weighted by molar-refractivity contribution is -0.127. The van der Waals surface area contributed by atoms with E-state index in [1.165, 1.54) is 15.5 Å². The van der Waals surface area contributed by atoms with E-state index in [0.717, 1.165) is 27.0 Å². The number of aromatic nitrogens is 2. The van der Waals surface area contributed by atoms with E-state index in [9.17, 15) is 19.2 Å². The Balaban J connectivity index is 1.57. The molecule has 196 valence electrons. The molecule has 1 N–H and O–H groups in total. The average Bonchev–Trinajstić information content (AvgIpc) is 2.93. The first-order chi connectivity index (χ1) is 18.2. The first-order valence-corrected chi connectivity index (χ1v) is 12.1. The Morgan fingerprint density at radius 1 is 0.895 bits per heavy atom. The molecule has 0 aliphatic carbocycles. The highest BCUT2D eigenvalue weighted by atomic mass is 16.5. The number of aryl methyl sites for hydroxylation is 1. The normalized spacial score (nSPS) is 10.8. The molecular formula is C29H30N4O5. The second-order valence-corrected chi connectivity index (χ2v) is 9.28. The summed E-state index contributed by atoms with van der Waals surface area (Å²) in [6, 6.07) is 19.3. The fourth-order valence-electron chi connectivity index (χ4n) is 4.10. The van der Waals surface area contributed by atoms with Crippen LogP contribution in [0.1, 0.15) is 27.0 Å². The number of ether oxygens (including phenoxy) is 1. The monoisotopic (exact) mass is 514 g/mol. The fourth-order valence-corrected chi connectivity index (χ4v) is 4.10. The molecule has 9 heteroatoms. The Morgan fingerprint density at radius 3 is 2.16 bits per heavy atom. The summed E-state index contributed by atoms with van der Waals surface area (Å²) in [5.41, 5.74) is 2.34. The Labute approximate surface area is 219 Å². The highest BCUT2D eigenvalue weighted by Gasteiger charge is 2.15. The summed E-state index contributed by atoms with van der Waals surface area (Å²) in [5, 5.41) is 3.13. The van der Waals surface area contributed by atoms with Gasteiger partial charge >= 0.3 is 5.69 Å². The van der Waals surface area contributed by atoms with Gasteiger partial charge in [-0.1, -0.05) is 36.4 Å². The third-order valence-corrected chi connectivity index (χ3v) is 6.44.